The van der Waals surface area contributed by atoms with Gasteiger partial charge in [-0.2, -0.15) is 0 Å². The Bertz CT molecular complexity index is 641. The maximum absolute atomic E-state index is 12.5. The molecule has 1 amide bonds. The molecule has 1 fully saturated rings. The number of esters is 1. The second-order valence-electron chi connectivity index (χ2n) is 7.04. The Morgan fingerprint density at radius 2 is 1.85 bits per heavy atom. The lowest BCUT2D eigenvalue weighted by Gasteiger charge is -2.16. The Balaban J connectivity index is 1.97. The fraction of sp³-hybridized carbons (Fsp3) is 0.684. The van der Waals surface area contributed by atoms with Gasteiger partial charge in [0.1, 0.15) is 16.4 Å². The number of aromatic nitrogens is 2. The molecule has 1 heterocycles. The molecule has 0 unspecified atom stereocenters. The van der Waals surface area contributed by atoms with E-state index in [0.29, 0.717) is 22.1 Å². The molecule has 1 aliphatic carbocycles. The Labute approximate surface area is 159 Å². The number of carbonyl (C=O) groups excluding carboxylic acids is 2. The Morgan fingerprint density at radius 1 is 1.19 bits per heavy atom. The van der Waals surface area contributed by atoms with Crippen LogP contribution in [0.5, 0.6) is 0 Å². The van der Waals surface area contributed by atoms with Gasteiger partial charge in [0, 0.05) is 12.0 Å². The summed E-state index contributed by atoms with van der Waals surface area (Å²) in [5.41, 5.74) is 0.936. The molecule has 7 heteroatoms. The molecule has 1 saturated carbocycles. The van der Waals surface area contributed by atoms with Gasteiger partial charge in [-0.3, -0.25) is 4.79 Å². The molecule has 0 bridgehead atoms. The lowest BCUT2D eigenvalue weighted by Crippen LogP contribution is -2.37. The van der Waals surface area contributed by atoms with Crippen LogP contribution in [0.4, 0.5) is 0 Å². The number of nitrogens with one attached hydrogen (secondary N) is 1. The molecule has 6 nitrogen and oxygen atoms in total. The summed E-state index contributed by atoms with van der Waals surface area (Å²) in [6.07, 6.45) is 8.59. The molecular weight excluding hydrogens is 350 g/mol. The quantitative estimate of drug-likeness (QED) is 0.352. The van der Waals surface area contributed by atoms with Gasteiger partial charge in [0.25, 0.3) is 5.91 Å². The van der Waals surface area contributed by atoms with E-state index in [9.17, 15) is 9.59 Å². The van der Waals surface area contributed by atoms with Gasteiger partial charge in [-0.25, -0.2) is 14.8 Å². The van der Waals surface area contributed by atoms with Gasteiger partial charge in [-0.1, -0.05) is 39.5 Å². The van der Waals surface area contributed by atoms with E-state index in [1.165, 1.54) is 24.6 Å². The van der Waals surface area contributed by atoms with E-state index in [0.717, 1.165) is 25.7 Å². The first-order valence-electron chi connectivity index (χ1n) is 9.31. The smallest absolute Gasteiger partial charge is 0.343 e. The van der Waals surface area contributed by atoms with Crippen LogP contribution in [0.3, 0.4) is 0 Å². The van der Waals surface area contributed by atoms with Crippen LogP contribution in [-0.4, -0.2) is 40.7 Å². The highest BCUT2D eigenvalue weighted by Gasteiger charge is 2.22. The van der Waals surface area contributed by atoms with Crippen LogP contribution in [0.2, 0.25) is 0 Å². The number of hydrogen-bond donors (Lipinski definition) is 1. The van der Waals surface area contributed by atoms with Gasteiger partial charge in [-0.15, -0.1) is 11.8 Å². The van der Waals surface area contributed by atoms with Gasteiger partial charge < -0.3 is 10.1 Å². The van der Waals surface area contributed by atoms with Gasteiger partial charge in [0.2, 0.25) is 0 Å². The van der Waals surface area contributed by atoms with E-state index < -0.39 is 5.97 Å². The average molecular weight is 380 g/mol. The third-order valence-electron chi connectivity index (χ3n) is 4.54. The maximum Gasteiger partial charge on any atom is 0.343 e. The van der Waals surface area contributed by atoms with Crippen molar-refractivity contribution < 1.29 is 14.3 Å². The summed E-state index contributed by atoms with van der Waals surface area (Å²) in [6.45, 7) is 5.52. The van der Waals surface area contributed by atoms with Gasteiger partial charge in [0.15, 0.2) is 6.61 Å². The van der Waals surface area contributed by atoms with E-state index in [-0.39, 0.29) is 24.5 Å². The highest BCUT2D eigenvalue weighted by molar-refractivity contribution is 7.98. The molecule has 0 saturated heterocycles. The maximum atomic E-state index is 12.5. The third kappa shape index (κ3) is 5.69. The van der Waals surface area contributed by atoms with E-state index in [1.54, 1.807) is 6.92 Å². The van der Waals surface area contributed by atoms with Crippen LogP contribution in [0, 0.1) is 6.92 Å². The number of aryl methyl sites for hydroxylation is 1. The third-order valence-corrected chi connectivity index (χ3v) is 5.22. The van der Waals surface area contributed by atoms with Crippen LogP contribution >= 0.6 is 11.8 Å². The minimum Gasteiger partial charge on any atom is -0.452 e. The molecule has 144 valence electrons. The van der Waals surface area contributed by atoms with Crippen LogP contribution in [0.25, 0.3) is 0 Å². The van der Waals surface area contributed by atoms with Crippen LogP contribution in [0.1, 0.15) is 80.2 Å². The number of hydrogen-bond acceptors (Lipinski definition) is 6. The molecule has 1 N–H and O–H groups in total. The van der Waals surface area contributed by atoms with Gasteiger partial charge in [-0.05, 0) is 26.0 Å². The molecule has 2 rings (SSSR count). The van der Waals surface area contributed by atoms with E-state index in [4.69, 9.17) is 4.74 Å². The summed E-state index contributed by atoms with van der Waals surface area (Å²) in [5, 5.41) is 3.57. The first-order chi connectivity index (χ1) is 12.4. The monoisotopic (exact) mass is 379 g/mol. The second-order valence-corrected chi connectivity index (χ2v) is 7.83. The Morgan fingerprint density at radius 3 is 2.42 bits per heavy atom. The lowest BCUT2D eigenvalue weighted by atomic mass is 10.1. The van der Waals surface area contributed by atoms with Crippen molar-refractivity contribution in [2.45, 2.75) is 76.3 Å². The average Bonchev–Trinajstić information content (AvgIpc) is 2.87. The van der Waals surface area contributed by atoms with Gasteiger partial charge >= 0.3 is 5.97 Å². The van der Waals surface area contributed by atoms with Gasteiger partial charge in [0.05, 0.1) is 5.69 Å². The van der Waals surface area contributed by atoms with Crippen molar-refractivity contribution >= 4 is 23.6 Å². The summed E-state index contributed by atoms with van der Waals surface area (Å²) in [5.74, 6) is 0.0935. The number of amides is 1. The normalized spacial score (nSPS) is 15.6. The molecule has 1 aliphatic rings. The van der Waals surface area contributed by atoms with Crippen molar-refractivity contribution in [3.63, 3.8) is 0 Å². The fourth-order valence-electron chi connectivity index (χ4n) is 3.10. The molecule has 1 aromatic heterocycles. The van der Waals surface area contributed by atoms with E-state index in [1.807, 2.05) is 20.1 Å². The molecule has 0 radical (unpaired) electrons. The molecular formula is C19H29N3O3S. The van der Waals surface area contributed by atoms with Crippen LogP contribution in [0.15, 0.2) is 5.03 Å². The number of ether oxygens (including phenoxy) is 1. The van der Waals surface area contributed by atoms with Crippen molar-refractivity contribution in [1.29, 1.82) is 0 Å². The molecule has 0 aromatic carbocycles. The second kappa shape index (κ2) is 9.90. The fourth-order valence-corrected chi connectivity index (χ4v) is 3.72. The standard InChI is InChI=1S/C19H29N3O3S/c1-12(2)17-20-13(3)16(18(22-17)26-4)19(24)25-11-15(23)21-14-9-7-5-6-8-10-14/h12,14H,5-11H2,1-4H3,(H,21,23). The number of rotatable bonds is 6. The Kier molecular flexibility index (Phi) is 7.87. The largest absolute Gasteiger partial charge is 0.452 e. The minimum atomic E-state index is -0.543. The summed E-state index contributed by atoms with van der Waals surface area (Å²) in [7, 11) is 0. The minimum absolute atomic E-state index is 0.176. The Hall–Kier alpha value is -1.63. The predicted molar refractivity (Wildman–Crippen MR) is 103 cm³/mol. The number of thioether (sulfide) groups is 1. The molecule has 0 atom stereocenters. The summed E-state index contributed by atoms with van der Waals surface area (Å²) >= 11 is 1.38. The predicted octanol–water partition coefficient (Wildman–Crippen LogP) is 3.63. The zero-order chi connectivity index (χ0) is 19.1. The van der Waals surface area contributed by atoms with Crippen LogP contribution in [-0.2, 0) is 9.53 Å². The molecule has 26 heavy (non-hydrogen) atoms. The van der Waals surface area contributed by atoms with Crippen LogP contribution < -0.4 is 5.32 Å². The SMILES string of the molecule is CSc1nc(C(C)C)nc(C)c1C(=O)OCC(=O)NC1CCCCCC1. The summed E-state index contributed by atoms with van der Waals surface area (Å²) in [6, 6.07) is 0.195. The molecule has 0 spiro atoms. The first kappa shape index (κ1) is 20.7. The number of carbonyl (C=O) groups is 2. The molecule has 0 aliphatic heterocycles. The highest BCUT2D eigenvalue weighted by atomic mass is 32.2. The zero-order valence-electron chi connectivity index (χ0n) is 16.1. The van der Waals surface area contributed by atoms with Crippen molar-refractivity contribution in [2.75, 3.05) is 12.9 Å². The van der Waals surface area contributed by atoms with Crippen molar-refractivity contribution in [1.82, 2.24) is 15.3 Å². The summed E-state index contributed by atoms with van der Waals surface area (Å²) < 4.78 is 5.24. The lowest BCUT2D eigenvalue weighted by molar-refractivity contribution is -0.125. The van der Waals surface area contributed by atoms with Crippen molar-refractivity contribution in [2.24, 2.45) is 0 Å². The zero-order valence-corrected chi connectivity index (χ0v) is 16.9. The van der Waals surface area contributed by atoms with Crippen molar-refractivity contribution in [3.05, 3.63) is 17.1 Å². The van der Waals surface area contributed by atoms with Crippen molar-refractivity contribution in [3.8, 4) is 0 Å². The number of nitrogens with zero attached hydrogens (tertiary/aromatic N) is 2. The first-order valence-corrected chi connectivity index (χ1v) is 10.5. The summed E-state index contributed by atoms with van der Waals surface area (Å²) in [4.78, 5) is 33.5. The molecule has 1 aromatic rings. The van der Waals surface area contributed by atoms with E-state index in [2.05, 4.69) is 15.3 Å². The topological polar surface area (TPSA) is 81.2 Å². The highest BCUT2D eigenvalue weighted by Crippen LogP contribution is 2.24. The van der Waals surface area contributed by atoms with E-state index >= 15 is 0 Å².